The zero-order valence-electron chi connectivity index (χ0n) is 9.22. The number of nitrogens with two attached hydrogens (primary N) is 1. The largest absolute Gasteiger partial charge is 0.326 e. The summed E-state index contributed by atoms with van der Waals surface area (Å²) in [5, 5.41) is 4.73. The van der Waals surface area contributed by atoms with E-state index in [4.69, 9.17) is 5.73 Å². The maximum atomic E-state index is 11.8. The van der Waals surface area contributed by atoms with Crippen molar-refractivity contribution in [3.05, 3.63) is 46.3 Å². The first kappa shape index (κ1) is 11.8. The van der Waals surface area contributed by atoms with E-state index in [1.807, 2.05) is 23.6 Å². The fourth-order valence-electron chi connectivity index (χ4n) is 1.46. The van der Waals surface area contributed by atoms with Gasteiger partial charge in [0.2, 0.25) is 5.91 Å². The highest BCUT2D eigenvalue weighted by molar-refractivity contribution is 7.10. The molecule has 0 spiro atoms. The monoisotopic (exact) mass is 247 g/mol. The van der Waals surface area contributed by atoms with Crippen LogP contribution in [0.4, 0.5) is 5.82 Å². The van der Waals surface area contributed by atoms with Gasteiger partial charge in [0.15, 0.2) is 0 Å². The van der Waals surface area contributed by atoms with Gasteiger partial charge in [-0.05, 0) is 17.5 Å². The summed E-state index contributed by atoms with van der Waals surface area (Å²) < 4.78 is 0. The lowest BCUT2D eigenvalue weighted by Crippen LogP contribution is -2.16. The first-order valence-electron chi connectivity index (χ1n) is 5.26. The zero-order chi connectivity index (χ0) is 12.1. The Morgan fingerprint density at radius 2 is 2.29 bits per heavy atom. The van der Waals surface area contributed by atoms with Crippen LogP contribution >= 0.6 is 11.3 Å². The Morgan fingerprint density at radius 3 is 3.00 bits per heavy atom. The molecule has 0 saturated heterocycles. The third-order valence-corrected chi connectivity index (χ3v) is 3.16. The molecule has 0 radical (unpaired) electrons. The number of carbonyl (C=O) groups is 1. The van der Waals surface area contributed by atoms with Crippen molar-refractivity contribution >= 4 is 23.1 Å². The molecule has 2 aromatic rings. The minimum absolute atomic E-state index is 0.0687. The number of nitrogens with one attached hydrogen (secondary N) is 1. The average molecular weight is 247 g/mol. The summed E-state index contributed by atoms with van der Waals surface area (Å²) in [6.07, 6.45) is 2.01. The van der Waals surface area contributed by atoms with Crippen LogP contribution in [0.25, 0.3) is 0 Å². The molecule has 2 aromatic heterocycles. The number of aromatic nitrogens is 1. The molecule has 0 aliphatic carbocycles. The number of nitrogens with zero attached hydrogens (tertiary/aromatic N) is 1. The van der Waals surface area contributed by atoms with Crippen molar-refractivity contribution in [1.29, 1.82) is 0 Å². The average Bonchev–Trinajstić information content (AvgIpc) is 2.82. The topological polar surface area (TPSA) is 68.0 Å². The van der Waals surface area contributed by atoms with E-state index in [1.165, 1.54) is 0 Å². The van der Waals surface area contributed by atoms with Gasteiger partial charge in [-0.3, -0.25) is 4.79 Å². The van der Waals surface area contributed by atoms with Crippen LogP contribution in [0.5, 0.6) is 0 Å². The number of amides is 1. The first-order chi connectivity index (χ1) is 8.29. The molecule has 0 atom stereocenters. The summed E-state index contributed by atoms with van der Waals surface area (Å²) in [5.74, 6) is 0.484. The van der Waals surface area contributed by atoms with Gasteiger partial charge >= 0.3 is 0 Å². The van der Waals surface area contributed by atoms with Gasteiger partial charge in [0.05, 0.1) is 6.42 Å². The lowest BCUT2D eigenvalue weighted by molar-refractivity contribution is -0.115. The van der Waals surface area contributed by atoms with Gasteiger partial charge in [0.25, 0.3) is 0 Å². The van der Waals surface area contributed by atoms with Crippen LogP contribution in [-0.2, 0) is 17.8 Å². The van der Waals surface area contributed by atoms with Gasteiger partial charge < -0.3 is 11.1 Å². The summed E-state index contributed by atoms with van der Waals surface area (Å²) in [4.78, 5) is 16.9. The van der Waals surface area contributed by atoms with Crippen molar-refractivity contribution in [2.75, 3.05) is 5.32 Å². The number of rotatable bonds is 4. The minimum atomic E-state index is -0.0687. The Hall–Kier alpha value is -1.72. The molecule has 2 rings (SSSR count). The molecule has 4 nitrogen and oxygen atoms in total. The highest BCUT2D eigenvalue weighted by Crippen LogP contribution is 2.13. The predicted octanol–water partition coefficient (Wildman–Crippen LogP) is 1.78. The van der Waals surface area contributed by atoms with Gasteiger partial charge in [-0.15, -0.1) is 11.3 Å². The number of carbonyl (C=O) groups excluding carboxylic acids is 1. The van der Waals surface area contributed by atoms with Gasteiger partial charge in [0, 0.05) is 23.2 Å². The number of thiophene rings is 1. The second-order valence-corrected chi connectivity index (χ2v) is 4.55. The van der Waals surface area contributed by atoms with Crippen molar-refractivity contribution in [3.8, 4) is 0 Å². The molecule has 3 N–H and O–H groups in total. The van der Waals surface area contributed by atoms with Gasteiger partial charge in [0.1, 0.15) is 5.82 Å². The lowest BCUT2D eigenvalue weighted by atomic mass is 10.2. The molecule has 0 aromatic carbocycles. The minimum Gasteiger partial charge on any atom is -0.326 e. The van der Waals surface area contributed by atoms with Crippen LogP contribution in [0.3, 0.4) is 0 Å². The molecule has 17 heavy (non-hydrogen) atoms. The molecule has 0 aliphatic rings. The Kier molecular flexibility index (Phi) is 3.85. The standard InChI is InChI=1S/C12H13N3OS/c13-8-9-3-1-5-14-12(9)15-11(16)7-10-4-2-6-17-10/h1-6H,7-8,13H2,(H,14,15,16). The summed E-state index contributed by atoms with van der Waals surface area (Å²) >= 11 is 1.57. The molecule has 88 valence electrons. The maximum absolute atomic E-state index is 11.8. The van der Waals surface area contributed by atoms with Crippen molar-refractivity contribution < 1.29 is 4.79 Å². The number of pyridine rings is 1. The first-order valence-corrected chi connectivity index (χ1v) is 6.14. The predicted molar refractivity (Wildman–Crippen MR) is 68.8 cm³/mol. The SMILES string of the molecule is NCc1cccnc1NC(=O)Cc1cccs1. The molecule has 0 saturated carbocycles. The van der Waals surface area contributed by atoms with E-state index in [-0.39, 0.29) is 5.91 Å². The number of hydrogen-bond donors (Lipinski definition) is 2. The molecular weight excluding hydrogens is 234 g/mol. The Morgan fingerprint density at radius 1 is 1.41 bits per heavy atom. The smallest absolute Gasteiger partial charge is 0.230 e. The van der Waals surface area contributed by atoms with Crippen molar-refractivity contribution in [2.24, 2.45) is 5.73 Å². The van der Waals surface area contributed by atoms with Crippen LogP contribution < -0.4 is 11.1 Å². The van der Waals surface area contributed by atoms with Gasteiger partial charge in [-0.25, -0.2) is 4.98 Å². The quantitative estimate of drug-likeness (QED) is 0.865. The van der Waals surface area contributed by atoms with Gasteiger partial charge in [-0.2, -0.15) is 0 Å². The second-order valence-electron chi connectivity index (χ2n) is 3.52. The van der Waals surface area contributed by atoms with E-state index in [1.54, 1.807) is 23.6 Å². The summed E-state index contributed by atoms with van der Waals surface area (Å²) in [5.41, 5.74) is 6.41. The zero-order valence-corrected chi connectivity index (χ0v) is 10.0. The molecule has 0 bridgehead atoms. The summed E-state index contributed by atoms with van der Waals surface area (Å²) in [6, 6.07) is 7.52. The summed E-state index contributed by atoms with van der Waals surface area (Å²) in [7, 11) is 0. The van der Waals surface area contributed by atoms with E-state index in [2.05, 4.69) is 10.3 Å². The van der Waals surface area contributed by atoms with Crippen molar-refractivity contribution in [2.45, 2.75) is 13.0 Å². The fraction of sp³-hybridized carbons (Fsp3) is 0.167. The van der Waals surface area contributed by atoms with Crippen LogP contribution in [0.2, 0.25) is 0 Å². The Bertz CT molecular complexity index is 496. The normalized spacial score (nSPS) is 10.2. The molecule has 1 amide bonds. The highest BCUT2D eigenvalue weighted by atomic mass is 32.1. The van der Waals surface area contributed by atoms with E-state index >= 15 is 0 Å². The van der Waals surface area contributed by atoms with Crippen LogP contribution in [-0.4, -0.2) is 10.9 Å². The molecule has 0 fully saturated rings. The van der Waals surface area contributed by atoms with E-state index < -0.39 is 0 Å². The van der Waals surface area contributed by atoms with Crippen molar-refractivity contribution in [3.63, 3.8) is 0 Å². The second kappa shape index (κ2) is 5.56. The van der Waals surface area contributed by atoms with Gasteiger partial charge in [-0.1, -0.05) is 12.1 Å². The maximum Gasteiger partial charge on any atom is 0.230 e. The Balaban J connectivity index is 2.03. The van der Waals surface area contributed by atoms with Crippen LogP contribution in [0.15, 0.2) is 35.8 Å². The molecule has 0 unspecified atom stereocenters. The molecule has 5 heteroatoms. The Labute approximate surface area is 103 Å². The number of hydrogen-bond acceptors (Lipinski definition) is 4. The third-order valence-electron chi connectivity index (χ3n) is 2.28. The molecular formula is C12H13N3OS. The van der Waals surface area contributed by atoms with E-state index in [9.17, 15) is 4.79 Å². The summed E-state index contributed by atoms with van der Waals surface area (Å²) in [6.45, 7) is 0.364. The lowest BCUT2D eigenvalue weighted by Gasteiger charge is -2.07. The number of anilines is 1. The van der Waals surface area contributed by atoms with Crippen LogP contribution in [0.1, 0.15) is 10.4 Å². The third kappa shape index (κ3) is 3.12. The van der Waals surface area contributed by atoms with Crippen molar-refractivity contribution in [1.82, 2.24) is 4.98 Å². The molecule has 2 heterocycles. The fourth-order valence-corrected chi connectivity index (χ4v) is 2.17. The van der Waals surface area contributed by atoms with E-state index in [0.29, 0.717) is 18.8 Å². The van der Waals surface area contributed by atoms with Crippen LogP contribution in [0, 0.1) is 0 Å². The van der Waals surface area contributed by atoms with E-state index in [0.717, 1.165) is 10.4 Å². The molecule has 0 aliphatic heterocycles. The highest BCUT2D eigenvalue weighted by Gasteiger charge is 2.08.